The molecule has 21 heavy (non-hydrogen) atoms. The predicted octanol–water partition coefficient (Wildman–Crippen LogP) is 3.71. The first-order chi connectivity index (χ1) is 9.99. The average molecular weight is 284 g/mol. The first kappa shape index (κ1) is 15.4. The van der Waals surface area contributed by atoms with Gasteiger partial charge in [0.05, 0.1) is 6.04 Å². The van der Waals surface area contributed by atoms with Gasteiger partial charge in [-0.1, -0.05) is 44.2 Å². The molecule has 0 bridgehead atoms. The highest BCUT2D eigenvalue weighted by Gasteiger charge is 2.34. The van der Waals surface area contributed by atoms with E-state index >= 15 is 0 Å². The summed E-state index contributed by atoms with van der Waals surface area (Å²) in [5.74, 6) is 0.113. The van der Waals surface area contributed by atoms with Crippen molar-refractivity contribution in [1.29, 1.82) is 0 Å². The van der Waals surface area contributed by atoms with Crippen LogP contribution in [0, 0.1) is 6.92 Å². The summed E-state index contributed by atoms with van der Waals surface area (Å²) >= 11 is 0. The van der Waals surface area contributed by atoms with Crippen molar-refractivity contribution in [2.45, 2.75) is 39.3 Å². The molecule has 112 valence electrons. The van der Waals surface area contributed by atoms with Crippen molar-refractivity contribution in [3.05, 3.63) is 59.9 Å². The van der Waals surface area contributed by atoms with E-state index in [9.17, 15) is 4.79 Å². The molecule has 1 amide bonds. The molecule has 1 heterocycles. The molecule has 0 fully saturated rings. The quantitative estimate of drug-likeness (QED) is 0.795. The first-order valence-electron chi connectivity index (χ1n) is 7.44. The van der Waals surface area contributed by atoms with Crippen molar-refractivity contribution in [2.24, 2.45) is 0 Å². The molecular weight excluding hydrogens is 260 g/mol. The zero-order valence-corrected chi connectivity index (χ0v) is 13.2. The van der Waals surface area contributed by atoms with Crippen LogP contribution in [0.4, 0.5) is 0 Å². The number of nitrogens with zero attached hydrogens (tertiary/aromatic N) is 2. The summed E-state index contributed by atoms with van der Waals surface area (Å²) in [6.45, 7) is 12.8. The molecule has 1 aromatic rings. The summed E-state index contributed by atoms with van der Waals surface area (Å²) in [6.07, 6.45) is 3.66. The number of hydrogen-bond donors (Lipinski definition) is 0. The van der Waals surface area contributed by atoms with E-state index in [4.69, 9.17) is 0 Å². The van der Waals surface area contributed by atoms with Gasteiger partial charge in [0.2, 0.25) is 0 Å². The maximum atomic E-state index is 12.7. The molecule has 0 aromatic heterocycles. The normalized spacial score (nSPS) is 14.8. The van der Waals surface area contributed by atoms with Crippen molar-refractivity contribution in [2.75, 3.05) is 7.05 Å². The highest BCUT2D eigenvalue weighted by atomic mass is 16.2. The Bertz CT molecular complexity index is 577. The number of fused-ring (bicyclic) bond motifs is 1. The molecule has 3 nitrogen and oxygen atoms in total. The van der Waals surface area contributed by atoms with Gasteiger partial charge < -0.3 is 9.80 Å². The zero-order chi connectivity index (χ0) is 15.6. The van der Waals surface area contributed by atoms with Gasteiger partial charge in [0.15, 0.2) is 0 Å². The molecule has 1 aromatic carbocycles. The highest BCUT2D eigenvalue weighted by molar-refractivity contribution is 5.98. The van der Waals surface area contributed by atoms with E-state index < -0.39 is 0 Å². The highest BCUT2D eigenvalue weighted by Crippen LogP contribution is 2.29. The van der Waals surface area contributed by atoms with Crippen molar-refractivity contribution < 1.29 is 4.79 Å². The van der Waals surface area contributed by atoms with Crippen molar-refractivity contribution in [3.8, 4) is 0 Å². The molecule has 3 heteroatoms. The monoisotopic (exact) mass is 284 g/mol. The Hall–Kier alpha value is -2.03. The summed E-state index contributed by atoms with van der Waals surface area (Å²) in [5, 5.41) is 0. The molecule has 0 saturated heterocycles. The van der Waals surface area contributed by atoms with Crippen molar-refractivity contribution in [3.63, 3.8) is 0 Å². The Kier molecular flexibility index (Phi) is 4.51. The molecule has 0 spiro atoms. The second-order valence-corrected chi connectivity index (χ2v) is 5.68. The number of hydrogen-bond acceptors (Lipinski definition) is 2. The summed E-state index contributed by atoms with van der Waals surface area (Å²) in [4.78, 5) is 16.5. The van der Waals surface area contributed by atoms with Crippen molar-refractivity contribution in [1.82, 2.24) is 9.80 Å². The van der Waals surface area contributed by atoms with Gasteiger partial charge in [0, 0.05) is 24.9 Å². The van der Waals surface area contributed by atoms with Crippen LogP contribution in [-0.2, 0) is 6.54 Å². The lowest BCUT2D eigenvalue weighted by atomic mass is 10.1. The molecule has 1 unspecified atom stereocenters. The lowest BCUT2D eigenvalue weighted by Gasteiger charge is -2.33. The number of amides is 1. The topological polar surface area (TPSA) is 23.6 Å². The van der Waals surface area contributed by atoms with E-state index in [1.54, 1.807) is 6.20 Å². The fraction of sp³-hybridized carbons (Fsp3) is 0.389. The molecule has 0 radical (unpaired) electrons. The van der Waals surface area contributed by atoms with Crippen LogP contribution in [-0.4, -0.2) is 28.8 Å². The van der Waals surface area contributed by atoms with Gasteiger partial charge in [-0.25, -0.2) is 0 Å². The Morgan fingerprint density at radius 1 is 1.52 bits per heavy atom. The lowest BCUT2D eigenvalue weighted by Crippen LogP contribution is -2.40. The van der Waals surface area contributed by atoms with E-state index in [-0.39, 0.29) is 11.9 Å². The summed E-state index contributed by atoms with van der Waals surface area (Å²) in [5.41, 5.74) is 4.06. The predicted molar refractivity (Wildman–Crippen MR) is 86.8 cm³/mol. The van der Waals surface area contributed by atoms with Crippen LogP contribution in [0.15, 0.2) is 43.3 Å². The van der Waals surface area contributed by atoms with Crippen molar-refractivity contribution >= 4 is 5.91 Å². The van der Waals surface area contributed by atoms with Gasteiger partial charge in [0.1, 0.15) is 0 Å². The van der Waals surface area contributed by atoms with Gasteiger partial charge in [-0.3, -0.25) is 4.79 Å². The lowest BCUT2D eigenvalue weighted by molar-refractivity contribution is 0.0706. The van der Waals surface area contributed by atoms with Crippen LogP contribution >= 0.6 is 0 Å². The Morgan fingerprint density at radius 3 is 2.86 bits per heavy atom. The molecule has 1 aliphatic rings. The summed E-state index contributed by atoms with van der Waals surface area (Å²) in [6, 6.07) is 6.07. The number of carbonyl (C=O) groups excluding carboxylic acids is 1. The van der Waals surface area contributed by atoms with Crippen LogP contribution in [0.1, 0.15) is 41.3 Å². The molecule has 0 saturated carbocycles. The third kappa shape index (κ3) is 2.87. The first-order valence-corrected chi connectivity index (χ1v) is 7.44. The fourth-order valence-corrected chi connectivity index (χ4v) is 2.85. The molecule has 1 aliphatic heterocycles. The van der Waals surface area contributed by atoms with Crippen LogP contribution in [0.3, 0.4) is 0 Å². The van der Waals surface area contributed by atoms with Gasteiger partial charge in [0.25, 0.3) is 5.91 Å². The number of likely N-dealkylation sites (N-methyl/N-ethyl adjacent to an activating group) is 1. The number of carbonyl (C=O) groups is 1. The second-order valence-electron chi connectivity index (χ2n) is 5.68. The van der Waals surface area contributed by atoms with E-state index in [1.165, 1.54) is 5.56 Å². The minimum Gasteiger partial charge on any atom is -0.354 e. The van der Waals surface area contributed by atoms with E-state index in [0.717, 1.165) is 29.7 Å². The third-order valence-corrected chi connectivity index (χ3v) is 4.14. The maximum Gasteiger partial charge on any atom is 0.255 e. The average Bonchev–Trinajstić information content (AvgIpc) is 2.79. The Labute approximate surface area is 127 Å². The number of aryl methyl sites for hydroxylation is 1. The van der Waals surface area contributed by atoms with E-state index in [2.05, 4.69) is 33.1 Å². The number of benzene rings is 1. The van der Waals surface area contributed by atoms with Gasteiger partial charge in [-0.2, -0.15) is 0 Å². The molecule has 2 rings (SSSR count). The van der Waals surface area contributed by atoms with E-state index in [0.29, 0.717) is 6.54 Å². The van der Waals surface area contributed by atoms with Crippen LogP contribution in [0.5, 0.6) is 0 Å². The van der Waals surface area contributed by atoms with E-state index in [1.807, 2.05) is 29.0 Å². The zero-order valence-electron chi connectivity index (χ0n) is 13.2. The minimum absolute atomic E-state index is 0.0261. The Morgan fingerprint density at radius 2 is 2.24 bits per heavy atom. The largest absolute Gasteiger partial charge is 0.354 e. The SMILES string of the molecule is C=CN(C)C(=C)C(CCC)N1Cc2cc(C)ccc2C1=O. The van der Waals surface area contributed by atoms with Gasteiger partial charge in [-0.05, 0) is 31.2 Å². The molecule has 0 N–H and O–H groups in total. The van der Waals surface area contributed by atoms with Crippen LogP contribution < -0.4 is 0 Å². The molecular formula is C18H24N2O. The van der Waals surface area contributed by atoms with Crippen LogP contribution in [0.25, 0.3) is 0 Å². The second kappa shape index (κ2) is 6.17. The fourth-order valence-electron chi connectivity index (χ4n) is 2.85. The summed E-state index contributed by atoms with van der Waals surface area (Å²) < 4.78 is 0. The summed E-state index contributed by atoms with van der Waals surface area (Å²) in [7, 11) is 1.93. The minimum atomic E-state index is 0.0261. The van der Waals surface area contributed by atoms with Gasteiger partial charge >= 0.3 is 0 Å². The van der Waals surface area contributed by atoms with Gasteiger partial charge in [-0.15, -0.1) is 0 Å². The smallest absolute Gasteiger partial charge is 0.255 e. The number of rotatable bonds is 6. The molecule has 1 atom stereocenters. The standard InChI is InChI=1S/C18H24N2O/c1-6-8-17(14(4)19(5)7-2)20-12-15-11-13(3)9-10-16(15)18(20)21/h7,9-11,17H,2,4,6,8,12H2,1,3,5H3. The maximum absolute atomic E-state index is 12.7. The third-order valence-electron chi connectivity index (χ3n) is 4.14. The molecule has 0 aliphatic carbocycles. The van der Waals surface area contributed by atoms with Crippen LogP contribution in [0.2, 0.25) is 0 Å². The Balaban J connectivity index is 2.29.